The quantitative estimate of drug-likeness (QED) is 0.905. The van der Waals surface area contributed by atoms with E-state index >= 15 is 0 Å². The smallest absolute Gasteiger partial charge is 0.244 e. The predicted octanol–water partition coefficient (Wildman–Crippen LogP) is 2.35. The van der Waals surface area contributed by atoms with E-state index in [9.17, 15) is 4.79 Å². The maximum Gasteiger partial charge on any atom is 0.244 e. The molecule has 0 radical (unpaired) electrons. The van der Waals surface area contributed by atoms with Gasteiger partial charge in [0.2, 0.25) is 5.91 Å². The molecular weight excluding hydrogens is 264 g/mol. The highest BCUT2D eigenvalue weighted by molar-refractivity contribution is 5.83. The number of piperidine rings is 1. The fourth-order valence-corrected chi connectivity index (χ4v) is 2.57. The Balaban J connectivity index is 1.83. The number of carbonyl (C=O) groups is 1. The van der Waals surface area contributed by atoms with Crippen LogP contribution in [0.15, 0.2) is 30.3 Å². The van der Waals surface area contributed by atoms with Gasteiger partial charge in [0, 0.05) is 19.7 Å². The summed E-state index contributed by atoms with van der Waals surface area (Å²) in [5.74, 6) is 0.569. The monoisotopic (exact) mass is 290 g/mol. The summed E-state index contributed by atoms with van der Waals surface area (Å²) in [5.41, 5.74) is 6.96. The van der Waals surface area contributed by atoms with E-state index in [0.29, 0.717) is 5.92 Å². The maximum atomic E-state index is 12.4. The molecule has 1 heterocycles. The van der Waals surface area contributed by atoms with Crippen LogP contribution in [0.5, 0.6) is 0 Å². The number of rotatable bonds is 5. The molecule has 1 aromatic rings. The summed E-state index contributed by atoms with van der Waals surface area (Å²) in [6.45, 7) is 6.57. The lowest BCUT2D eigenvalue weighted by Gasteiger charge is -2.33. The molecule has 1 amide bonds. The van der Waals surface area contributed by atoms with Crippen molar-refractivity contribution in [1.29, 1.82) is 0 Å². The van der Waals surface area contributed by atoms with Gasteiger partial charge < -0.3 is 15.4 Å². The molecule has 0 spiro atoms. The Morgan fingerprint density at radius 3 is 2.48 bits per heavy atom. The summed E-state index contributed by atoms with van der Waals surface area (Å²) in [7, 11) is 0. The van der Waals surface area contributed by atoms with Gasteiger partial charge in [0.05, 0.1) is 6.10 Å². The molecule has 0 aromatic heterocycles. The molecule has 2 rings (SSSR count). The molecule has 4 heteroatoms. The molecule has 4 nitrogen and oxygen atoms in total. The first-order chi connectivity index (χ1) is 10.1. The lowest BCUT2D eigenvalue weighted by molar-refractivity contribution is -0.135. The molecule has 0 saturated carbocycles. The zero-order chi connectivity index (χ0) is 15.2. The van der Waals surface area contributed by atoms with Crippen molar-refractivity contribution in [3.8, 4) is 0 Å². The van der Waals surface area contributed by atoms with E-state index in [1.54, 1.807) is 0 Å². The van der Waals surface area contributed by atoms with Crippen molar-refractivity contribution in [2.75, 3.05) is 19.7 Å². The van der Waals surface area contributed by atoms with Gasteiger partial charge in [0.15, 0.2) is 0 Å². The lowest BCUT2D eigenvalue weighted by atomic mass is 10.0. The highest BCUT2D eigenvalue weighted by Crippen LogP contribution is 2.19. The van der Waals surface area contributed by atoms with E-state index < -0.39 is 6.04 Å². The van der Waals surface area contributed by atoms with E-state index in [0.717, 1.165) is 38.1 Å². The van der Waals surface area contributed by atoms with E-state index in [4.69, 9.17) is 10.5 Å². The number of benzene rings is 1. The normalized spacial score (nSPS) is 18.0. The van der Waals surface area contributed by atoms with Crippen molar-refractivity contribution in [2.24, 2.45) is 11.7 Å². The van der Waals surface area contributed by atoms with Crippen molar-refractivity contribution in [1.82, 2.24) is 4.90 Å². The molecule has 0 bridgehead atoms. The second-order valence-corrected chi connectivity index (χ2v) is 6.14. The minimum absolute atomic E-state index is 0.0171. The van der Waals surface area contributed by atoms with Crippen LogP contribution in [-0.2, 0) is 9.53 Å². The van der Waals surface area contributed by atoms with Gasteiger partial charge in [-0.05, 0) is 24.3 Å². The van der Waals surface area contributed by atoms with Crippen LogP contribution in [-0.4, -0.2) is 36.6 Å². The van der Waals surface area contributed by atoms with Crippen molar-refractivity contribution in [3.05, 3.63) is 35.9 Å². The fourth-order valence-electron chi connectivity index (χ4n) is 2.57. The Kier molecular flexibility index (Phi) is 5.76. The van der Waals surface area contributed by atoms with Crippen molar-refractivity contribution in [3.63, 3.8) is 0 Å². The number of nitrogens with zero attached hydrogens (tertiary/aromatic N) is 1. The SMILES string of the molecule is CC(C)COC1CCN(C(=O)C(N)c2ccccc2)CC1. The average molecular weight is 290 g/mol. The molecule has 1 atom stereocenters. The Bertz CT molecular complexity index is 439. The molecule has 1 aromatic carbocycles. The lowest BCUT2D eigenvalue weighted by Crippen LogP contribution is -2.45. The third kappa shape index (κ3) is 4.55. The van der Waals surface area contributed by atoms with Crippen molar-refractivity contribution in [2.45, 2.75) is 38.8 Å². The summed E-state index contributed by atoms with van der Waals surface area (Å²) in [4.78, 5) is 14.3. The third-order valence-corrected chi connectivity index (χ3v) is 3.84. The van der Waals surface area contributed by atoms with Gasteiger partial charge in [0.1, 0.15) is 6.04 Å². The van der Waals surface area contributed by atoms with E-state index in [-0.39, 0.29) is 12.0 Å². The number of amides is 1. The molecule has 1 saturated heterocycles. The first-order valence-electron chi connectivity index (χ1n) is 7.79. The molecule has 21 heavy (non-hydrogen) atoms. The highest BCUT2D eigenvalue weighted by Gasteiger charge is 2.27. The first kappa shape index (κ1) is 16.0. The van der Waals surface area contributed by atoms with Gasteiger partial charge >= 0.3 is 0 Å². The average Bonchev–Trinajstić information content (AvgIpc) is 2.53. The Labute approximate surface area is 127 Å². The second-order valence-electron chi connectivity index (χ2n) is 6.14. The molecule has 0 aliphatic carbocycles. The number of nitrogens with two attached hydrogens (primary N) is 1. The number of carbonyl (C=O) groups excluding carboxylic acids is 1. The molecular formula is C17H26N2O2. The largest absolute Gasteiger partial charge is 0.378 e. The number of hydrogen-bond acceptors (Lipinski definition) is 3. The molecule has 116 valence electrons. The van der Waals surface area contributed by atoms with Crippen LogP contribution in [0, 0.1) is 5.92 Å². The van der Waals surface area contributed by atoms with Gasteiger partial charge in [-0.2, -0.15) is 0 Å². The van der Waals surface area contributed by atoms with Crippen LogP contribution in [0.3, 0.4) is 0 Å². The minimum atomic E-state index is -0.556. The van der Waals surface area contributed by atoms with Crippen molar-refractivity contribution < 1.29 is 9.53 Å². The standard InChI is InChI=1S/C17H26N2O2/c1-13(2)12-21-15-8-10-19(11-9-15)17(20)16(18)14-6-4-3-5-7-14/h3-7,13,15-16H,8-12,18H2,1-2H3. The molecule has 1 fully saturated rings. The summed E-state index contributed by atoms with van der Waals surface area (Å²) in [5, 5.41) is 0. The van der Waals surface area contributed by atoms with Gasteiger partial charge in [-0.3, -0.25) is 4.79 Å². The van der Waals surface area contributed by atoms with Crippen LogP contribution < -0.4 is 5.73 Å². The fraction of sp³-hybridized carbons (Fsp3) is 0.588. The molecule has 1 aliphatic rings. The first-order valence-corrected chi connectivity index (χ1v) is 7.79. The zero-order valence-corrected chi connectivity index (χ0v) is 13.0. The summed E-state index contributed by atoms with van der Waals surface area (Å²) < 4.78 is 5.85. The van der Waals surface area contributed by atoms with E-state index in [1.165, 1.54) is 0 Å². The van der Waals surface area contributed by atoms with Gasteiger partial charge in [-0.1, -0.05) is 44.2 Å². The number of ether oxygens (including phenoxy) is 1. The second kappa shape index (κ2) is 7.57. The zero-order valence-electron chi connectivity index (χ0n) is 13.0. The van der Waals surface area contributed by atoms with Crippen LogP contribution in [0.2, 0.25) is 0 Å². The molecule has 1 aliphatic heterocycles. The van der Waals surface area contributed by atoms with Gasteiger partial charge in [-0.25, -0.2) is 0 Å². The number of hydrogen-bond donors (Lipinski definition) is 1. The molecule has 1 unspecified atom stereocenters. The number of likely N-dealkylation sites (tertiary alicyclic amines) is 1. The maximum absolute atomic E-state index is 12.4. The summed E-state index contributed by atoms with van der Waals surface area (Å²) in [6, 6.07) is 9.00. The van der Waals surface area contributed by atoms with Gasteiger partial charge in [-0.15, -0.1) is 0 Å². The Hall–Kier alpha value is -1.39. The van der Waals surface area contributed by atoms with E-state index in [2.05, 4.69) is 13.8 Å². The van der Waals surface area contributed by atoms with Gasteiger partial charge in [0.25, 0.3) is 0 Å². The predicted molar refractivity (Wildman–Crippen MR) is 83.8 cm³/mol. The van der Waals surface area contributed by atoms with Crippen LogP contribution in [0.1, 0.15) is 38.3 Å². The van der Waals surface area contributed by atoms with E-state index in [1.807, 2.05) is 35.2 Å². The summed E-state index contributed by atoms with van der Waals surface area (Å²) in [6.07, 6.45) is 2.09. The van der Waals surface area contributed by atoms with Crippen molar-refractivity contribution >= 4 is 5.91 Å². The summed E-state index contributed by atoms with van der Waals surface area (Å²) >= 11 is 0. The van der Waals surface area contributed by atoms with Crippen LogP contribution in [0.4, 0.5) is 0 Å². The van der Waals surface area contributed by atoms with Crippen LogP contribution >= 0.6 is 0 Å². The third-order valence-electron chi connectivity index (χ3n) is 3.84. The molecule has 2 N–H and O–H groups in total. The van der Waals surface area contributed by atoms with Crippen LogP contribution in [0.25, 0.3) is 0 Å². The minimum Gasteiger partial charge on any atom is -0.378 e. The topological polar surface area (TPSA) is 55.6 Å². The Morgan fingerprint density at radius 1 is 1.29 bits per heavy atom. The Morgan fingerprint density at radius 2 is 1.90 bits per heavy atom. The highest BCUT2D eigenvalue weighted by atomic mass is 16.5.